The van der Waals surface area contributed by atoms with E-state index in [9.17, 15) is 17.6 Å². The number of oxazole rings is 1. The molecule has 1 aliphatic heterocycles. The van der Waals surface area contributed by atoms with Crippen molar-refractivity contribution >= 4 is 15.7 Å². The number of aromatic nitrogens is 1. The number of benzene rings is 1. The minimum Gasteiger partial charge on any atom is -0.441 e. The molecule has 0 aliphatic carbocycles. The van der Waals surface area contributed by atoms with Gasteiger partial charge >= 0.3 is 0 Å². The van der Waals surface area contributed by atoms with Crippen LogP contribution in [0.5, 0.6) is 0 Å². The second-order valence-electron chi connectivity index (χ2n) is 6.27. The summed E-state index contributed by atoms with van der Waals surface area (Å²) in [7, 11) is -1.43. The van der Waals surface area contributed by atoms with E-state index in [0.29, 0.717) is 29.3 Å². The van der Waals surface area contributed by atoms with Gasteiger partial charge in [0.05, 0.1) is 23.6 Å². The molecule has 3 rings (SSSR count). The van der Waals surface area contributed by atoms with Gasteiger partial charge in [-0.05, 0) is 37.6 Å². The molecule has 2 aromatic rings. The average molecular weight is 366 g/mol. The number of hydrogen-bond donors (Lipinski definition) is 0. The third-order valence-corrected chi connectivity index (χ3v) is 6.20. The molecular weight excluding hydrogens is 347 g/mol. The van der Waals surface area contributed by atoms with Crippen molar-refractivity contribution in [3.63, 3.8) is 0 Å². The maximum Gasteiger partial charge on any atom is 0.228 e. The van der Waals surface area contributed by atoms with E-state index >= 15 is 0 Å². The SMILES string of the molecule is Cc1oc(-c2ccc(F)cc2)nc1CC(=O)N(C)C1CCS(=O)(=O)C1. The van der Waals surface area contributed by atoms with Crippen LogP contribution in [0.4, 0.5) is 4.39 Å². The molecule has 0 saturated carbocycles. The molecule has 1 aromatic carbocycles. The van der Waals surface area contributed by atoms with E-state index in [0.717, 1.165) is 0 Å². The van der Waals surface area contributed by atoms with Crippen LogP contribution in [-0.2, 0) is 21.1 Å². The number of amides is 1. The first-order chi connectivity index (χ1) is 11.7. The summed E-state index contributed by atoms with van der Waals surface area (Å²) in [5.41, 5.74) is 1.12. The van der Waals surface area contributed by atoms with Crippen molar-refractivity contribution in [3.05, 3.63) is 41.5 Å². The first-order valence-corrected chi connectivity index (χ1v) is 9.75. The van der Waals surface area contributed by atoms with Gasteiger partial charge in [-0.15, -0.1) is 0 Å². The largest absolute Gasteiger partial charge is 0.441 e. The lowest BCUT2D eigenvalue weighted by Gasteiger charge is -2.23. The number of carbonyl (C=O) groups excluding carboxylic acids is 1. The number of likely N-dealkylation sites (N-methyl/N-ethyl adjacent to an activating group) is 1. The summed E-state index contributed by atoms with van der Waals surface area (Å²) in [5.74, 6) is 0.409. The predicted octanol–water partition coefficient (Wildman–Crippen LogP) is 1.98. The molecule has 0 radical (unpaired) electrons. The molecule has 8 heteroatoms. The standard InChI is InChI=1S/C17H19FN2O4S/c1-11-15(19-17(24-11)12-3-5-13(18)6-4-12)9-16(21)20(2)14-7-8-25(22,23)10-14/h3-6,14H,7-10H2,1-2H3. The minimum atomic E-state index is -3.05. The summed E-state index contributed by atoms with van der Waals surface area (Å²) in [4.78, 5) is 18.3. The zero-order valence-corrected chi connectivity index (χ0v) is 14.8. The summed E-state index contributed by atoms with van der Waals surface area (Å²) in [6, 6.07) is 5.45. The van der Waals surface area contributed by atoms with Crippen LogP contribution < -0.4 is 0 Å². The third kappa shape index (κ3) is 3.89. The highest BCUT2D eigenvalue weighted by Crippen LogP contribution is 2.23. The highest BCUT2D eigenvalue weighted by Gasteiger charge is 2.33. The van der Waals surface area contributed by atoms with Crippen LogP contribution in [-0.4, -0.2) is 48.8 Å². The van der Waals surface area contributed by atoms with E-state index in [-0.39, 0.29) is 35.7 Å². The smallest absolute Gasteiger partial charge is 0.228 e. The molecule has 0 N–H and O–H groups in total. The van der Waals surface area contributed by atoms with E-state index in [1.54, 1.807) is 26.1 Å². The number of sulfone groups is 1. The van der Waals surface area contributed by atoms with Gasteiger partial charge < -0.3 is 9.32 Å². The number of aryl methyl sites for hydroxylation is 1. The number of rotatable bonds is 4. The Morgan fingerprint density at radius 3 is 2.64 bits per heavy atom. The Hall–Kier alpha value is -2.22. The van der Waals surface area contributed by atoms with Gasteiger partial charge in [0.25, 0.3) is 0 Å². The van der Waals surface area contributed by atoms with E-state index in [1.807, 2.05) is 0 Å². The maximum atomic E-state index is 13.0. The third-order valence-electron chi connectivity index (χ3n) is 4.45. The molecule has 1 unspecified atom stereocenters. The lowest BCUT2D eigenvalue weighted by atomic mass is 10.2. The molecule has 0 bridgehead atoms. The second-order valence-corrected chi connectivity index (χ2v) is 8.50. The van der Waals surface area contributed by atoms with Gasteiger partial charge in [0.15, 0.2) is 9.84 Å². The topological polar surface area (TPSA) is 80.5 Å². The number of nitrogens with zero attached hydrogens (tertiary/aromatic N) is 2. The molecule has 1 aliphatic rings. The van der Waals surface area contributed by atoms with E-state index in [2.05, 4.69) is 4.98 Å². The van der Waals surface area contributed by atoms with Gasteiger partial charge in [-0.2, -0.15) is 0 Å². The Kier molecular flexibility index (Phi) is 4.64. The highest BCUT2D eigenvalue weighted by atomic mass is 32.2. The first-order valence-electron chi connectivity index (χ1n) is 7.93. The van der Waals surface area contributed by atoms with Crippen LogP contribution in [0.1, 0.15) is 17.9 Å². The van der Waals surface area contributed by atoms with Crippen molar-refractivity contribution in [1.82, 2.24) is 9.88 Å². The molecule has 1 saturated heterocycles. The molecule has 134 valence electrons. The summed E-state index contributed by atoms with van der Waals surface area (Å²) in [5, 5.41) is 0. The fourth-order valence-corrected chi connectivity index (χ4v) is 4.63. The summed E-state index contributed by atoms with van der Waals surface area (Å²) < 4.78 is 41.7. The van der Waals surface area contributed by atoms with E-state index in [4.69, 9.17) is 4.42 Å². The van der Waals surface area contributed by atoms with Crippen LogP contribution in [0, 0.1) is 12.7 Å². The van der Waals surface area contributed by atoms with Gasteiger partial charge in [0.1, 0.15) is 11.6 Å². The van der Waals surface area contributed by atoms with Crippen LogP contribution in [0.15, 0.2) is 28.7 Å². The van der Waals surface area contributed by atoms with Crippen molar-refractivity contribution in [2.24, 2.45) is 0 Å². The zero-order chi connectivity index (χ0) is 18.2. The summed E-state index contributed by atoms with van der Waals surface area (Å²) >= 11 is 0. The summed E-state index contributed by atoms with van der Waals surface area (Å²) in [6.07, 6.45) is 0.493. The average Bonchev–Trinajstić information content (AvgIpc) is 3.10. The van der Waals surface area contributed by atoms with Gasteiger partial charge in [-0.25, -0.2) is 17.8 Å². The predicted molar refractivity (Wildman–Crippen MR) is 90.2 cm³/mol. The number of carbonyl (C=O) groups is 1. The molecule has 1 amide bonds. The van der Waals surface area contributed by atoms with Crippen molar-refractivity contribution < 1.29 is 22.0 Å². The van der Waals surface area contributed by atoms with Crippen LogP contribution in [0.2, 0.25) is 0 Å². The minimum absolute atomic E-state index is 0.00780. The Balaban J connectivity index is 1.72. The lowest BCUT2D eigenvalue weighted by Crippen LogP contribution is -2.38. The lowest BCUT2D eigenvalue weighted by molar-refractivity contribution is -0.130. The molecule has 0 spiro atoms. The van der Waals surface area contributed by atoms with E-state index in [1.165, 1.54) is 17.0 Å². The molecule has 6 nitrogen and oxygen atoms in total. The van der Waals surface area contributed by atoms with Crippen molar-refractivity contribution in [3.8, 4) is 11.5 Å². The summed E-state index contributed by atoms with van der Waals surface area (Å²) in [6.45, 7) is 1.71. The molecule has 2 heterocycles. The fraction of sp³-hybridized carbons (Fsp3) is 0.412. The maximum absolute atomic E-state index is 13.0. The van der Waals surface area contributed by atoms with Crippen molar-refractivity contribution in [2.45, 2.75) is 25.8 Å². The molecular formula is C17H19FN2O4S. The van der Waals surface area contributed by atoms with Crippen LogP contribution >= 0.6 is 0 Å². The Labute approximate surface area is 145 Å². The number of hydrogen-bond acceptors (Lipinski definition) is 5. The van der Waals surface area contributed by atoms with Crippen LogP contribution in [0.25, 0.3) is 11.5 Å². The molecule has 1 fully saturated rings. The highest BCUT2D eigenvalue weighted by molar-refractivity contribution is 7.91. The zero-order valence-electron chi connectivity index (χ0n) is 14.0. The van der Waals surface area contributed by atoms with E-state index < -0.39 is 9.84 Å². The van der Waals surface area contributed by atoms with Crippen molar-refractivity contribution in [2.75, 3.05) is 18.6 Å². The van der Waals surface area contributed by atoms with Crippen LogP contribution in [0.3, 0.4) is 0 Å². The number of halogens is 1. The Bertz CT molecular complexity index is 890. The molecule has 1 atom stereocenters. The first kappa shape index (κ1) is 17.6. The second kappa shape index (κ2) is 6.59. The quantitative estimate of drug-likeness (QED) is 0.826. The van der Waals surface area contributed by atoms with Gasteiger partial charge in [-0.1, -0.05) is 0 Å². The molecule has 25 heavy (non-hydrogen) atoms. The Morgan fingerprint density at radius 1 is 1.36 bits per heavy atom. The monoisotopic (exact) mass is 366 g/mol. The fourth-order valence-electron chi connectivity index (χ4n) is 2.86. The normalized spacial score (nSPS) is 19.1. The molecule has 1 aromatic heterocycles. The van der Waals surface area contributed by atoms with Gasteiger partial charge in [0, 0.05) is 18.7 Å². The Morgan fingerprint density at radius 2 is 2.04 bits per heavy atom. The van der Waals surface area contributed by atoms with Gasteiger partial charge in [0.2, 0.25) is 11.8 Å². The van der Waals surface area contributed by atoms with Crippen molar-refractivity contribution in [1.29, 1.82) is 0 Å². The van der Waals surface area contributed by atoms with Gasteiger partial charge in [-0.3, -0.25) is 4.79 Å².